The van der Waals surface area contributed by atoms with Crippen molar-refractivity contribution in [2.45, 2.75) is 38.7 Å². The number of hydrogen-bond acceptors (Lipinski definition) is 3. The van der Waals surface area contributed by atoms with Crippen LogP contribution in [0.4, 0.5) is 0 Å². The van der Waals surface area contributed by atoms with Crippen LogP contribution in [-0.2, 0) is 4.74 Å². The van der Waals surface area contributed by atoms with Crippen molar-refractivity contribution >= 4 is 17.6 Å². The Hall–Kier alpha value is -1.09. The van der Waals surface area contributed by atoms with Gasteiger partial charge in [-0.05, 0) is 37.3 Å². The van der Waals surface area contributed by atoms with E-state index in [-0.39, 0.29) is 12.1 Å². The fourth-order valence-electron chi connectivity index (χ4n) is 2.20. The Morgan fingerprint density at radius 2 is 2.29 bits per heavy atom. The zero-order valence-corrected chi connectivity index (χ0v) is 10.6. The monoisotopic (exact) mass is 253 g/mol. The highest BCUT2D eigenvalue weighted by Crippen LogP contribution is 2.26. The lowest BCUT2D eigenvalue weighted by atomic mass is 9.89. The van der Waals surface area contributed by atoms with Gasteiger partial charge in [-0.25, -0.2) is 9.78 Å². The minimum absolute atomic E-state index is 0.0573. The van der Waals surface area contributed by atoms with Gasteiger partial charge in [-0.2, -0.15) is 0 Å². The Kier molecular flexibility index (Phi) is 4.00. The lowest BCUT2D eigenvalue weighted by molar-refractivity contribution is 0.0155. The van der Waals surface area contributed by atoms with Crippen LogP contribution in [-0.4, -0.2) is 17.1 Å². The van der Waals surface area contributed by atoms with Crippen molar-refractivity contribution in [2.75, 3.05) is 0 Å². The van der Waals surface area contributed by atoms with Gasteiger partial charge in [-0.15, -0.1) is 0 Å². The molecule has 2 rings (SSSR count). The van der Waals surface area contributed by atoms with Crippen LogP contribution in [0.25, 0.3) is 0 Å². The molecule has 0 amide bonds. The quantitative estimate of drug-likeness (QED) is 0.598. The molecule has 0 radical (unpaired) electrons. The van der Waals surface area contributed by atoms with Gasteiger partial charge in [0, 0.05) is 6.20 Å². The molecule has 0 spiro atoms. The van der Waals surface area contributed by atoms with Crippen LogP contribution >= 0.6 is 11.6 Å². The van der Waals surface area contributed by atoms with Gasteiger partial charge in [0.15, 0.2) is 0 Å². The molecule has 17 heavy (non-hydrogen) atoms. The number of esters is 1. The first-order valence-electron chi connectivity index (χ1n) is 5.97. The summed E-state index contributed by atoms with van der Waals surface area (Å²) in [7, 11) is 0. The van der Waals surface area contributed by atoms with Crippen LogP contribution in [0, 0.1) is 5.92 Å². The third-order valence-electron chi connectivity index (χ3n) is 3.13. The van der Waals surface area contributed by atoms with Gasteiger partial charge in [0.1, 0.15) is 11.3 Å². The second-order valence-corrected chi connectivity index (χ2v) is 5.06. The molecule has 0 saturated heterocycles. The predicted molar refractivity (Wildman–Crippen MR) is 66.1 cm³/mol. The Morgan fingerprint density at radius 3 is 2.94 bits per heavy atom. The van der Waals surface area contributed by atoms with E-state index in [0.29, 0.717) is 16.6 Å². The van der Waals surface area contributed by atoms with E-state index in [1.807, 2.05) is 0 Å². The number of carbonyl (C=O) groups excluding carboxylic acids is 1. The number of carbonyl (C=O) groups is 1. The van der Waals surface area contributed by atoms with Crippen LogP contribution in [0.2, 0.25) is 5.15 Å². The van der Waals surface area contributed by atoms with Crippen molar-refractivity contribution in [3.63, 3.8) is 0 Å². The first-order chi connectivity index (χ1) is 8.15. The van der Waals surface area contributed by atoms with Gasteiger partial charge < -0.3 is 4.74 Å². The molecule has 0 aromatic carbocycles. The third kappa shape index (κ3) is 3.43. The largest absolute Gasteiger partial charge is 0.459 e. The van der Waals surface area contributed by atoms with Gasteiger partial charge in [-0.3, -0.25) is 0 Å². The number of ether oxygens (including phenoxy) is 1. The molecule has 1 aliphatic rings. The average molecular weight is 254 g/mol. The third-order valence-corrected chi connectivity index (χ3v) is 3.35. The molecule has 1 heterocycles. The molecule has 1 aliphatic carbocycles. The van der Waals surface area contributed by atoms with Crippen molar-refractivity contribution in [1.82, 2.24) is 4.98 Å². The van der Waals surface area contributed by atoms with E-state index in [1.165, 1.54) is 12.6 Å². The summed E-state index contributed by atoms with van der Waals surface area (Å²) < 4.78 is 5.47. The van der Waals surface area contributed by atoms with Crippen LogP contribution in [0.1, 0.15) is 43.0 Å². The van der Waals surface area contributed by atoms with E-state index in [1.54, 1.807) is 12.1 Å². The van der Waals surface area contributed by atoms with Crippen LogP contribution in [0.15, 0.2) is 18.3 Å². The Morgan fingerprint density at radius 1 is 1.47 bits per heavy atom. The van der Waals surface area contributed by atoms with Gasteiger partial charge >= 0.3 is 5.97 Å². The van der Waals surface area contributed by atoms with E-state index in [9.17, 15) is 4.79 Å². The molecule has 0 N–H and O–H groups in total. The summed E-state index contributed by atoms with van der Waals surface area (Å²) in [6.07, 6.45) is 5.82. The molecule has 1 aromatic rings. The zero-order chi connectivity index (χ0) is 12.3. The van der Waals surface area contributed by atoms with Gasteiger partial charge in [0.25, 0.3) is 0 Å². The average Bonchev–Trinajstić information content (AvgIpc) is 2.29. The second-order valence-electron chi connectivity index (χ2n) is 4.67. The van der Waals surface area contributed by atoms with Crippen LogP contribution in [0.3, 0.4) is 0 Å². The molecular weight excluding hydrogens is 238 g/mol. The molecular formula is C13H16ClNO2. The molecule has 2 atom stereocenters. The van der Waals surface area contributed by atoms with E-state index in [2.05, 4.69) is 11.9 Å². The van der Waals surface area contributed by atoms with Crippen molar-refractivity contribution in [1.29, 1.82) is 0 Å². The molecule has 4 heteroatoms. The van der Waals surface area contributed by atoms with Crippen LogP contribution in [0.5, 0.6) is 0 Å². The van der Waals surface area contributed by atoms with Crippen molar-refractivity contribution < 1.29 is 9.53 Å². The highest BCUT2D eigenvalue weighted by Gasteiger charge is 2.22. The lowest BCUT2D eigenvalue weighted by Gasteiger charge is -2.26. The molecule has 3 nitrogen and oxygen atoms in total. The number of halogens is 1. The second kappa shape index (κ2) is 5.50. The first-order valence-corrected chi connectivity index (χ1v) is 6.35. The van der Waals surface area contributed by atoms with E-state index in [0.717, 1.165) is 19.3 Å². The Labute approximate surface area is 106 Å². The predicted octanol–water partition coefficient (Wildman–Crippen LogP) is 3.47. The maximum absolute atomic E-state index is 11.8. The maximum Gasteiger partial charge on any atom is 0.339 e. The normalized spacial score (nSPS) is 24.4. The van der Waals surface area contributed by atoms with Crippen LogP contribution < -0.4 is 0 Å². The Bertz CT molecular complexity index is 391. The summed E-state index contributed by atoms with van der Waals surface area (Å²) >= 11 is 5.66. The number of nitrogens with zero attached hydrogens (tertiary/aromatic N) is 1. The van der Waals surface area contributed by atoms with E-state index >= 15 is 0 Å². The first kappa shape index (κ1) is 12.4. The smallest absolute Gasteiger partial charge is 0.339 e. The SMILES string of the molecule is CC1CCCC(OC(=O)c2ccc(Cl)nc2)C1. The summed E-state index contributed by atoms with van der Waals surface area (Å²) in [4.78, 5) is 15.7. The van der Waals surface area contributed by atoms with Crippen molar-refractivity contribution in [3.8, 4) is 0 Å². The van der Waals surface area contributed by atoms with Gasteiger partial charge in [0.2, 0.25) is 0 Å². The summed E-state index contributed by atoms with van der Waals surface area (Å²) in [5.74, 6) is 0.346. The van der Waals surface area contributed by atoms with E-state index < -0.39 is 0 Å². The summed E-state index contributed by atoms with van der Waals surface area (Å²) in [6.45, 7) is 2.20. The molecule has 92 valence electrons. The highest BCUT2D eigenvalue weighted by atomic mass is 35.5. The minimum Gasteiger partial charge on any atom is -0.459 e. The van der Waals surface area contributed by atoms with Crippen molar-refractivity contribution in [2.24, 2.45) is 5.92 Å². The summed E-state index contributed by atoms with van der Waals surface area (Å²) in [6, 6.07) is 3.24. The number of rotatable bonds is 2. The Balaban J connectivity index is 1.94. The maximum atomic E-state index is 11.8. The fraction of sp³-hybridized carbons (Fsp3) is 0.538. The molecule has 0 bridgehead atoms. The molecule has 1 saturated carbocycles. The number of pyridine rings is 1. The van der Waals surface area contributed by atoms with E-state index in [4.69, 9.17) is 16.3 Å². The molecule has 0 aliphatic heterocycles. The molecule has 1 fully saturated rings. The fourth-order valence-corrected chi connectivity index (χ4v) is 2.31. The number of hydrogen-bond donors (Lipinski definition) is 0. The minimum atomic E-state index is -0.298. The molecule has 1 aromatic heterocycles. The van der Waals surface area contributed by atoms with Crippen molar-refractivity contribution in [3.05, 3.63) is 29.0 Å². The topological polar surface area (TPSA) is 39.2 Å². The number of aromatic nitrogens is 1. The lowest BCUT2D eigenvalue weighted by Crippen LogP contribution is -2.24. The van der Waals surface area contributed by atoms with Gasteiger partial charge in [-0.1, -0.05) is 24.9 Å². The van der Waals surface area contributed by atoms with Gasteiger partial charge in [0.05, 0.1) is 5.56 Å². The standard InChI is InChI=1S/C13H16ClNO2/c1-9-3-2-4-11(7-9)17-13(16)10-5-6-12(14)15-8-10/h5-6,8-9,11H,2-4,7H2,1H3. The molecule has 2 unspecified atom stereocenters. The summed E-state index contributed by atoms with van der Waals surface area (Å²) in [5.41, 5.74) is 0.465. The zero-order valence-electron chi connectivity index (χ0n) is 9.86. The summed E-state index contributed by atoms with van der Waals surface area (Å²) in [5, 5.41) is 0.382. The highest BCUT2D eigenvalue weighted by molar-refractivity contribution is 6.29.